The minimum Gasteiger partial charge on any atom is -0.309 e. The fourth-order valence-corrected chi connectivity index (χ4v) is 5.10. The summed E-state index contributed by atoms with van der Waals surface area (Å²) in [5.41, 5.74) is 1.14. The van der Waals surface area contributed by atoms with Gasteiger partial charge in [0, 0.05) is 13.1 Å². The molecule has 0 N–H and O–H groups in total. The minimum absolute atomic E-state index is 0.284. The molecule has 3 rings (SSSR count). The quantitative estimate of drug-likeness (QED) is 0.828. The van der Waals surface area contributed by atoms with E-state index in [4.69, 9.17) is 0 Å². The Labute approximate surface area is 135 Å². The maximum atomic E-state index is 12.9. The third kappa shape index (κ3) is 3.01. The van der Waals surface area contributed by atoms with Crippen LogP contribution in [0.15, 0.2) is 23.1 Å². The van der Waals surface area contributed by atoms with Crippen LogP contribution in [0.4, 0.5) is 0 Å². The molecule has 0 radical (unpaired) electrons. The van der Waals surface area contributed by atoms with Gasteiger partial charge in [-0.1, -0.05) is 6.07 Å². The third-order valence-corrected chi connectivity index (χ3v) is 6.54. The predicted octanol–water partition coefficient (Wildman–Crippen LogP) is 1.65. The highest BCUT2D eigenvalue weighted by Gasteiger charge is 2.33. The highest BCUT2D eigenvalue weighted by atomic mass is 32.2. The zero-order valence-corrected chi connectivity index (χ0v) is 14.4. The molecule has 1 aliphatic rings. The molecule has 1 aromatic heterocycles. The van der Waals surface area contributed by atoms with Crippen LogP contribution in [0.1, 0.15) is 12.8 Å². The van der Waals surface area contributed by atoms with Crippen LogP contribution in [0.25, 0.3) is 11.0 Å². The molecule has 1 saturated heterocycles. The van der Waals surface area contributed by atoms with Gasteiger partial charge in [0.1, 0.15) is 15.9 Å². The molecule has 2 heterocycles. The van der Waals surface area contributed by atoms with E-state index in [1.807, 2.05) is 14.1 Å². The summed E-state index contributed by atoms with van der Waals surface area (Å²) in [7, 11) is 0.599. The first-order valence-electron chi connectivity index (χ1n) is 7.34. The van der Waals surface area contributed by atoms with E-state index in [-0.39, 0.29) is 4.90 Å². The van der Waals surface area contributed by atoms with Crippen LogP contribution in [0.5, 0.6) is 0 Å². The van der Waals surface area contributed by atoms with Gasteiger partial charge in [0.15, 0.2) is 0 Å². The molecule has 6 nitrogen and oxygen atoms in total. The van der Waals surface area contributed by atoms with Gasteiger partial charge >= 0.3 is 0 Å². The number of fused-ring (bicyclic) bond motifs is 1. The maximum absolute atomic E-state index is 12.9. The lowest BCUT2D eigenvalue weighted by atomic mass is 10.1. The number of benzene rings is 1. The Bertz CT molecular complexity index is 757. The second-order valence-corrected chi connectivity index (χ2v) is 8.43. The summed E-state index contributed by atoms with van der Waals surface area (Å²) < 4.78 is 35.6. The van der Waals surface area contributed by atoms with Crippen molar-refractivity contribution in [2.45, 2.75) is 17.7 Å². The van der Waals surface area contributed by atoms with E-state index in [2.05, 4.69) is 13.6 Å². The van der Waals surface area contributed by atoms with Crippen LogP contribution >= 0.6 is 11.7 Å². The van der Waals surface area contributed by atoms with Gasteiger partial charge < -0.3 is 4.90 Å². The Morgan fingerprint density at radius 3 is 2.95 bits per heavy atom. The Hall–Kier alpha value is -1.09. The van der Waals surface area contributed by atoms with Crippen LogP contribution < -0.4 is 0 Å². The standard InChI is InChI=1S/C14H20N4O2S2/c1-17(2)8-6-11-7-9-18(10-11)22(19,20)13-5-3-4-12-14(13)16-21-15-12/h3-5,11H,6-10H2,1-2H3. The molecule has 0 bridgehead atoms. The predicted molar refractivity (Wildman–Crippen MR) is 87.5 cm³/mol. The van der Waals surface area contributed by atoms with Gasteiger partial charge in [0.25, 0.3) is 0 Å². The Balaban J connectivity index is 1.81. The largest absolute Gasteiger partial charge is 0.309 e. The normalized spacial score (nSPS) is 20.2. The monoisotopic (exact) mass is 340 g/mol. The van der Waals surface area contributed by atoms with Crippen molar-refractivity contribution in [1.82, 2.24) is 18.0 Å². The van der Waals surface area contributed by atoms with Gasteiger partial charge in [0.05, 0.1) is 11.7 Å². The van der Waals surface area contributed by atoms with Gasteiger partial charge in [-0.05, 0) is 51.5 Å². The van der Waals surface area contributed by atoms with Crippen molar-refractivity contribution < 1.29 is 8.42 Å². The van der Waals surface area contributed by atoms with Crippen molar-refractivity contribution in [2.24, 2.45) is 5.92 Å². The van der Waals surface area contributed by atoms with Crippen LogP contribution in [0.2, 0.25) is 0 Å². The molecular formula is C14H20N4O2S2. The average Bonchev–Trinajstić information content (AvgIpc) is 3.13. The van der Waals surface area contributed by atoms with E-state index in [1.54, 1.807) is 22.5 Å². The van der Waals surface area contributed by atoms with Crippen molar-refractivity contribution in [3.8, 4) is 0 Å². The van der Waals surface area contributed by atoms with E-state index in [0.717, 1.165) is 31.1 Å². The summed E-state index contributed by atoms with van der Waals surface area (Å²) in [5.74, 6) is 0.435. The third-order valence-electron chi connectivity index (χ3n) is 4.10. The number of hydrogen-bond donors (Lipinski definition) is 0. The molecule has 0 spiro atoms. The summed E-state index contributed by atoms with van der Waals surface area (Å²) in [6.07, 6.45) is 1.96. The minimum atomic E-state index is -3.48. The average molecular weight is 340 g/mol. The lowest BCUT2D eigenvalue weighted by molar-refractivity contribution is 0.352. The number of rotatable bonds is 5. The van der Waals surface area contributed by atoms with Crippen molar-refractivity contribution in [3.05, 3.63) is 18.2 Å². The van der Waals surface area contributed by atoms with Crippen molar-refractivity contribution in [3.63, 3.8) is 0 Å². The van der Waals surface area contributed by atoms with Crippen LogP contribution in [0, 0.1) is 5.92 Å². The molecule has 0 amide bonds. The molecule has 120 valence electrons. The molecule has 1 aromatic carbocycles. The Kier molecular flexibility index (Phi) is 4.44. The van der Waals surface area contributed by atoms with Crippen LogP contribution in [-0.4, -0.2) is 60.1 Å². The fraction of sp³-hybridized carbons (Fsp3) is 0.571. The Morgan fingerprint density at radius 2 is 2.18 bits per heavy atom. The van der Waals surface area contributed by atoms with E-state index < -0.39 is 10.0 Å². The number of nitrogens with zero attached hydrogens (tertiary/aromatic N) is 4. The van der Waals surface area contributed by atoms with Crippen molar-refractivity contribution in [1.29, 1.82) is 0 Å². The molecular weight excluding hydrogens is 320 g/mol. The molecule has 0 saturated carbocycles. The van der Waals surface area contributed by atoms with E-state index >= 15 is 0 Å². The van der Waals surface area contributed by atoms with E-state index in [9.17, 15) is 8.42 Å². The topological polar surface area (TPSA) is 66.4 Å². The molecule has 0 aliphatic carbocycles. The summed E-state index contributed by atoms with van der Waals surface area (Å²) >= 11 is 1.05. The van der Waals surface area contributed by atoms with Gasteiger partial charge in [-0.3, -0.25) is 0 Å². The van der Waals surface area contributed by atoms with Crippen molar-refractivity contribution >= 4 is 32.8 Å². The molecule has 2 aromatic rings. The Morgan fingerprint density at radius 1 is 1.36 bits per heavy atom. The molecule has 22 heavy (non-hydrogen) atoms. The zero-order valence-electron chi connectivity index (χ0n) is 12.8. The molecule has 8 heteroatoms. The molecule has 1 fully saturated rings. The summed E-state index contributed by atoms with van der Waals surface area (Å²) in [6, 6.07) is 5.16. The first kappa shape index (κ1) is 15.8. The van der Waals surface area contributed by atoms with Crippen LogP contribution in [0.3, 0.4) is 0 Å². The molecule has 1 atom stereocenters. The number of sulfonamides is 1. The fourth-order valence-electron chi connectivity index (χ4n) is 2.82. The van der Waals surface area contributed by atoms with Gasteiger partial charge in [-0.15, -0.1) is 0 Å². The maximum Gasteiger partial charge on any atom is 0.245 e. The van der Waals surface area contributed by atoms with Gasteiger partial charge in [-0.2, -0.15) is 13.1 Å². The second kappa shape index (κ2) is 6.19. The first-order chi connectivity index (χ1) is 10.5. The lowest BCUT2D eigenvalue weighted by Gasteiger charge is -2.17. The van der Waals surface area contributed by atoms with E-state index in [0.29, 0.717) is 30.0 Å². The summed E-state index contributed by atoms with van der Waals surface area (Å²) in [4.78, 5) is 2.42. The van der Waals surface area contributed by atoms with Crippen molar-refractivity contribution in [2.75, 3.05) is 33.7 Å². The SMILES string of the molecule is CN(C)CCC1CCN(S(=O)(=O)c2cccc3nsnc23)C1. The first-order valence-corrected chi connectivity index (χ1v) is 9.51. The second-order valence-electron chi connectivity index (χ2n) is 6.00. The highest BCUT2D eigenvalue weighted by Crippen LogP contribution is 2.29. The highest BCUT2D eigenvalue weighted by molar-refractivity contribution is 7.89. The van der Waals surface area contributed by atoms with E-state index in [1.165, 1.54) is 0 Å². The van der Waals surface area contributed by atoms with Crippen LogP contribution in [-0.2, 0) is 10.0 Å². The number of aromatic nitrogens is 2. The van der Waals surface area contributed by atoms with Gasteiger partial charge in [0.2, 0.25) is 10.0 Å². The summed E-state index contributed by atoms with van der Waals surface area (Å²) in [5, 5.41) is 0. The molecule has 1 unspecified atom stereocenters. The zero-order chi connectivity index (χ0) is 15.7. The number of hydrogen-bond acceptors (Lipinski definition) is 6. The van der Waals surface area contributed by atoms with Gasteiger partial charge in [-0.25, -0.2) is 8.42 Å². The molecule has 1 aliphatic heterocycles. The lowest BCUT2D eigenvalue weighted by Crippen LogP contribution is -2.29. The smallest absolute Gasteiger partial charge is 0.245 e. The summed E-state index contributed by atoms with van der Waals surface area (Å²) in [6.45, 7) is 2.18.